The van der Waals surface area contributed by atoms with Crippen molar-refractivity contribution in [1.29, 1.82) is 0 Å². The molecule has 0 aromatic carbocycles. The second-order valence-corrected chi connectivity index (χ2v) is 4.30. The van der Waals surface area contributed by atoms with Gasteiger partial charge in [-0.25, -0.2) is 0 Å². The lowest BCUT2D eigenvalue weighted by molar-refractivity contribution is -0.470. The average Bonchev–Trinajstić information content (AvgIpc) is 2.12. The molecule has 4 nitrogen and oxygen atoms in total. The van der Waals surface area contributed by atoms with Crippen molar-refractivity contribution >= 4 is 0 Å². The van der Waals surface area contributed by atoms with Crippen molar-refractivity contribution < 1.29 is 19.3 Å². The molecule has 0 aromatic heterocycles. The van der Waals surface area contributed by atoms with Gasteiger partial charge in [-0.05, 0) is 0 Å². The van der Waals surface area contributed by atoms with Crippen molar-refractivity contribution in [3.63, 3.8) is 0 Å². The summed E-state index contributed by atoms with van der Waals surface area (Å²) in [6.45, 7) is 3.59. The summed E-state index contributed by atoms with van der Waals surface area (Å²) in [5.74, 6) is 0.530. The highest BCUT2D eigenvalue weighted by atomic mass is 16.9. The fourth-order valence-electron chi connectivity index (χ4n) is 2.80. The van der Waals surface area contributed by atoms with E-state index in [1.165, 1.54) is 0 Å². The Hall–Kier alpha value is -0.160. The number of rotatable bonds is 0. The van der Waals surface area contributed by atoms with Crippen LogP contribution in [-0.4, -0.2) is 36.0 Å². The van der Waals surface area contributed by atoms with Crippen LogP contribution in [0, 0.1) is 11.8 Å². The van der Waals surface area contributed by atoms with Crippen molar-refractivity contribution in [3.05, 3.63) is 0 Å². The summed E-state index contributed by atoms with van der Waals surface area (Å²) in [5.41, 5.74) is 0. The van der Waals surface area contributed by atoms with E-state index in [1.54, 1.807) is 0 Å². The Morgan fingerprint density at radius 3 is 1.85 bits per heavy atom. The van der Waals surface area contributed by atoms with E-state index in [1.807, 2.05) is 0 Å². The van der Waals surface area contributed by atoms with E-state index in [4.69, 9.17) is 14.2 Å². The molecule has 3 heterocycles. The molecule has 4 heteroatoms. The second kappa shape index (κ2) is 2.45. The Kier molecular flexibility index (Phi) is 1.54. The highest BCUT2D eigenvalue weighted by molar-refractivity contribution is 5.01. The van der Waals surface area contributed by atoms with E-state index in [2.05, 4.69) is 13.8 Å². The first-order valence-corrected chi connectivity index (χ1v) is 4.83. The zero-order valence-electron chi connectivity index (χ0n) is 7.71. The Balaban J connectivity index is 1.97. The maximum absolute atomic E-state index is 9.86. The highest BCUT2D eigenvalue weighted by Crippen LogP contribution is 2.45. The molecule has 7 atom stereocenters. The van der Waals surface area contributed by atoms with E-state index >= 15 is 0 Å². The summed E-state index contributed by atoms with van der Waals surface area (Å²) in [4.78, 5) is 0. The highest BCUT2D eigenvalue weighted by Gasteiger charge is 2.58. The van der Waals surface area contributed by atoms with Gasteiger partial charge in [-0.1, -0.05) is 13.8 Å². The van der Waals surface area contributed by atoms with E-state index in [0.29, 0.717) is 0 Å². The van der Waals surface area contributed by atoms with Gasteiger partial charge >= 0.3 is 0 Å². The zero-order chi connectivity index (χ0) is 9.16. The molecule has 1 aliphatic carbocycles. The Bertz CT molecular complexity index is 182. The van der Waals surface area contributed by atoms with Crippen molar-refractivity contribution in [2.45, 2.75) is 44.7 Å². The topological polar surface area (TPSA) is 47.9 Å². The molecule has 3 aliphatic heterocycles. The van der Waals surface area contributed by atoms with Crippen LogP contribution in [0.3, 0.4) is 0 Å². The summed E-state index contributed by atoms with van der Waals surface area (Å²) in [6.07, 6.45) is -0.496. The molecule has 4 fully saturated rings. The Labute approximate surface area is 76.8 Å². The normalized spacial score (nSPS) is 64.4. The zero-order valence-corrected chi connectivity index (χ0v) is 7.71. The second-order valence-electron chi connectivity index (χ2n) is 4.30. The van der Waals surface area contributed by atoms with Gasteiger partial charge in [-0.3, -0.25) is 0 Å². The molecule has 4 rings (SSSR count). The summed E-state index contributed by atoms with van der Waals surface area (Å²) in [7, 11) is 0. The lowest BCUT2D eigenvalue weighted by Gasteiger charge is -2.57. The van der Waals surface area contributed by atoms with Crippen molar-refractivity contribution in [2.24, 2.45) is 11.8 Å². The van der Waals surface area contributed by atoms with Gasteiger partial charge in [-0.15, -0.1) is 0 Å². The minimum atomic E-state index is -0.532. The summed E-state index contributed by atoms with van der Waals surface area (Å²) in [6, 6.07) is 0. The molecule has 0 aromatic rings. The standard InChI is InChI=1S/C9H14O4/c1-3-6-4(2)8-5(10)7(3)12-9(11-6)13-8/h3-10H,1-2H3/t3-,4?,5?,6?,7+,8+,9?/m0/s1. The SMILES string of the molecule is CC1C2OC3O[C@H]1C(O)[C@H](O3)[C@H]2C. The van der Waals surface area contributed by atoms with Gasteiger partial charge in [0.2, 0.25) is 0 Å². The minimum Gasteiger partial charge on any atom is -0.388 e. The number of hydrogen-bond acceptors (Lipinski definition) is 4. The molecule has 4 aliphatic rings. The van der Waals surface area contributed by atoms with Gasteiger partial charge in [0.25, 0.3) is 6.48 Å². The maximum atomic E-state index is 9.86. The van der Waals surface area contributed by atoms with Crippen LogP contribution in [-0.2, 0) is 14.2 Å². The molecule has 4 unspecified atom stereocenters. The van der Waals surface area contributed by atoms with Crippen LogP contribution in [0.5, 0.6) is 0 Å². The predicted molar refractivity (Wildman–Crippen MR) is 42.7 cm³/mol. The molecule has 4 bridgehead atoms. The van der Waals surface area contributed by atoms with Crippen LogP contribution in [0.25, 0.3) is 0 Å². The summed E-state index contributed by atoms with van der Waals surface area (Å²) < 4.78 is 16.3. The van der Waals surface area contributed by atoms with Crippen LogP contribution in [0.4, 0.5) is 0 Å². The molecular formula is C9H14O4. The molecule has 0 radical (unpaired) electrons. The fraction of sp³-hybridized carbons (Fsp3) is 1.00. The first-order valence-electron chi connectivity index (χ1n) is 4.83. The lowest BCUT2D eigenvalue weighted by atomic mass is 9.73. The Morgan fingerprint density at radius 2 is 1.31 bits per heavy atom. The van der Waals surface area contributed by atoms with Crippen molar-refractivity contribution in [2.75, 3.05) is 0 Å². The smallest absolute Gasteiger partial charge is 0.272 e. The van der Waals surface area contributed by atoms with Gasteiger partial charge in [0.1, 0.15) is 6.10 Å². The summed E-state index contributed by atoms with van der Waals surface area (Å²) in [5, 5.41) is 9.86. The number of aliphatic hydroxyl groups excluding tert-OH is 1. The maximum Gasteiger partial charge on any atom is 0.272 e. The molecule has 13 heavy (non-hydrogen) atoms. The van der Waals surface area contributed by atoms with E-state index in [-0.39, 0.29) is 30.1 Å². The first-order chi connectivity index (χ1) is 6.18. The lowest BCUT2D eigenvalue weighted by Crippen LogP contribution is -2.69. The quantitative estimate of drug-likeness (QED) is 0.583. The predicted octanol–water partition coefficient (Wildman–Crippen LogP) is 0.0995. The first kappa shape index (κ1) is 8.17. The fourth-order valence-corrected chi connectivity index (χ4v) is 2.80. The minimum absolute atomic E-state index is 0.0984. The Morgan fingerprint density at radius 1 is 0.846 bits per heavy atom. The van der Waals surface area contributed by atoms with Crippen molar-refractivity contribution in [1.82, 2.24) is 0 Å². The van der Waals surface area contributed by atoms with Gasteiger partial charge < -0.3 is 19.3 Å². The molecule has 3 saturated heterocycles. The van der Waals surface area contributed by atoms with Gasteiger partial charge in [-0.2, -0.15) is 0 Å². The monoisotopic (exact) mass is 186 g/mol. The van der Waals surface area contributed by atoms with Crippen LogP contribution in [0.1, 0.15) is 13.8 Å². The molecular weight excluding hydrogens is 172 g/mol. The van der Waals surface area contributed by atoms with Gasteiger partial charge in [0, 0.05) is 11.8 Å². The van der Waals surface area contributed by atoms with E-state index in [0.717, 1.165) is 0 Å². The van der Waals surface area contributed by atoms with Crippen LogP contribution >= 0.6 is 0 Å². The molecule has 1 saturated carbocycles. The third kappa shape index (κ3) is 0.892. The number of ether oxygens (including phenoxy) is 3. The van der Waals surface area contributed by atoms with E-state index < -0.39 is 12.6 Å². The third-order valence-corrected chi connectivity index (χ3v) is 3.55. The molecule has 1 N–H and O–H groups in total. The third-order valence-electron chi connectivity index (χ3n) is 3.55. The molecule has 74 valence electrons. The van der Waals surface area contributed by atoms with Crippen LogP contribution in [0.15, 0.2) is 0 Å². The van der Waals surface area contributed by atoms with Gasteiger partial charge in [0.15, 0.2) is 0 Å². The largest absolute Gasteiger partial charge is 0.388 e. The van der Waals surface area contributed by atoms with E-state index in [9.17, 15) is 5.11 Å². The van der Waals surface area contributed by atoms with Crippen LogP contribution < -0.4 is 0 Å². The molecule has 0 amide bonds. The number of aliphatic hydroxyl groups is 1. The van der Waals surface area contributed by atoms with Gasteiger partial charge in [0.05, 0.1) is 18.3 Å². The van der Waals surface area contributed by atoms with Crippen LogP contribution in [0.2, 0.25) is 0 Å². The number of hydrogen-bond donors (Lipinski definition) is 1. The van der Waals surface area contributed by atoms with Crippen molar-refractivity contribution in [3.8, 4) is 0 Å². The molecule has 0 spiro atoms. The average molecular weight is 186 g/mol. The summed E-state index contributed by atoms with van der Waals surface area (Å²) >= 11 is 0.